The molecule has 0 unspecified atom stereocenters. The molecule has 1 amide bonds. The number of aromatic amines is 1. The highest BCUT2D eigenvalue weighted by Crippen LogP contribution is 2.34. The Bertz CT molecular complexity index is 905. The van der Waals surface area contributed by atoms with Crippen LogP contribution in [0.5, 0.6) is 0 Å². The molecule has 5 heteroatoms. The summed E-state index contributed by atoms with van der Waals surface area (Å²) in [6.07, 6.45) is -0.0204. The maximum absolute atomic E-state index is 13.1. The fourth-order valence-corrected chi connectivity index (χ4v) is 3.40. The second-order valence-electron chi connectivity index (χ2n) is 6.38. The highest BCUT2D eigenvalue weighted by Gasteiger charge is 2.23. The topological polar surface area (TPSA) is 45.3 Å². The van der Waals surface area contributed by atoms with E-state index in [9.17, 15) is 4.79 Å². The lowest BCUT2D eigenvalue weighted by Gasteiger charge is -2.21. The number of nitrogens with one attached hydrogen (secondary N) is 1. The van der Waals surface area contributed by atoms with E-state index < -0.39 is 0 Å². The van der Waals surface area contributed by atoms with Crippen molar-refractivity contribution in [3.05, 3.63) is 59.2 Å². The van der Waals surface area contributed by atoms with Gasteiger partial charge in [-0.3, -0.25) is 4.79 Å². The first kappa shape index (κ1) is 18.5. The number of ether oxygens (including phenoxy) is 1. The van der Waals surface area contributed by atoms with Gasteiger partial charge in [-0.1, -0.05) is 41.9 Å². The van der Waals surface area contributed by atoms with E-state index in [1.807, 2.05) is 62.4 Å². The number of fused-ring (bicyclic) bond motifs is 1. The van der Waals surface area contributed by atoms with Gasteiger partial charge in [0.15, 0.2) is 0 Å². The van der Waals surface area contributed by atoms with Crippen LogP contribution >= 0.6 is 11.6 Å². The number of amides is 1. The van der Waals surface area contributed by atoms with Crippen LogP contribution in [0.3, 0.4) is 0 Å². The van der Waals surface area contributed by atoms with Gasteiger partial charge in [0.2, 0.25) is 0 Å². The van der Waals surface area contributed by atoms with Crippen LogP contribution in [-0.2, 0) is 4.74 Å². The van der Waals surface area contributed by atoms with Crippen LogP contribution < -0.4 is 0 Å². The maximum atomic E-state index is 13.1. The lowest BCUT2D eigenvalue weighted by Crippen LogP contribution is -2.34. The Balaban J connectivity index is 2.06. The summed E-state index contributed by atoms with van der Waals surface area (Å²) in [6.45, 7) is 5.07. The number of halogens is 1. The Kier molecular flexibility index (Phi) is 5.64. The lowest BCUT2D eigenvalue weighted by atomic mass is 10.0. The minimum atomic E-state index is -0.0669. The normalized spacial score (nSPS) is 12.3. The van der Waals surface area contributed by atoms with E-state index in [-0.39, 0.29) is 12.0 Å². The second-order valence-corrected chi connectivity index (χ2v) is 6.82. The molecular weight excluding hydrogens is 348 g/mol. The van der Waals surface area contributed by atoms with Gasteiger partial charge in [0.25, 0.3) is 5.91 Å². The van der Waals surface area contributed by atoms with Crippen LogP contribution in [-0.4, -0.2) is 42.1 Å². The van der Waals surface area contributed by atoms with Gasteiger partial charge in [-0.05, 0) is 37.6 Å². The van der Waals surface area contributed by atoms with Gasteiger partial charge in [0, 0.05) is 41.7 Å². The van der Waals surface area contributed by atoms with Gasteiger partial charge in [0.1, 0.15) is 5.69 Å². The molecule has 0 aliphatic rings. The van der Waals surface area contributed by atoms with Crippen molar-refractivity contribution >= 4 is 28.4 Å². The summed E-state index contributed by atoms with van der Waals surface area (Å²) in [5.41, 5.74) is 3.32. The molecular formula is C21H23ClN2O2. The summed E-state index contributed by atoms with van der Waals surface area (Å²) in [7, 11) is 1.80. The van der Waals surface area contributed by atoms with Crippen LogP contribution in [0.2, 0.25) is 5.02 Å². The molecule has 0 saturated heterocycles. The van der Waals surface area contributed by atoms with E-state index in [4.69, 9.17) is 16.3 Å². The number of carbonyl (C=O) groups is 1. The third kappa shape index (κ3) is 3.76. The van der Waals surface area contributed by atoms with Crippen molar-refractivity contribution in [2.24, 2.45) is 0 Å². The minimum absolute atomic E-state index is 0.0204. The molecule has 0 radical (unpaired) electrons. The van der Waals surface area contributed by atoms with Crippen LogP contribution in [0, 0.1) is 0 Å². The molecule has 0 spiro atoms. The molecule has 0 fully saturated rings. The number of H-pyrrole nitrogens is 1. The standard InChI is InChI=1S/C21H23ClN2O2/c1-4-26-14(2)13-24(3)21(25)20-19(15-8-6-5-7-9-15)17-12-16(22)10-11-18(17)23-20/h5-12,14,23H,4,13H2,1-3H3/t14-/m0/s1. The van der Waals surface area contributed by atoms with E-state index in [2.05, 4.69) is 4.98 Å². The second kappa shape index (κ2) is 7.94. The van der Waals surface area contributed by atoms with Crippen LogP contribution in [0.25, 0.3) is 22.0 Å². The minimum Gasteiger partial charge on any atom is -0.377 e. The summed E-state index contributed by atoms with van der Waals surface area (Å²) in [6, 6.07) is 15.5. The molecule has 3 rings (SSSR count). The van der Waals surface area contributed by atoms with E-state index in [0.717, 1.165) is 22.0 Å². The summed E-state index contributed by atoms with van der Waals surface area (Å²) in [4.78, 5) is 18.1. The highest BCUT2D eigenvalue weighted by atomic mass is 35.5. The summed E-state index contributed by atoms with van der Waals surface area (Å²) in [5, 5.41) is 1.59. The zero-order valence-electron chi connectivity index (χ0n) is 15.3. The molecule has 1 heterocycles. The average molecular weight is 371 g/mol. The number of carbonyl (C=O) groups excluding carboxylic acids is 1. The van der Waals surface area contributed by atoms with E-state index >= 15 is 0 Å². The molecule has 0 aliphatic heterocycles. The molecule has 0 saturated carbocycles. The van der Waals surface area contributed by atoms with Crippen molar-refractivity contribution in [2.75, 3.05) is 20.2 Å². The van der Waals surface area contributed by atoms with Crippen molar-refractivity contribution in [3.8, 4) is 11.1 Å². The van der Waals surface area contributed by atoms with Gasteiger partial charge in [-0.25, -0.2) is 0 Å². The van der Waals surface area contributed by atoms with Gasteiger partial charge < -0.3 is 14.6 Å². The predicted octanol–water partition coefficient (Wildman–Crippen LogP) is 4.99. The fraction of sp³-hybridized carbons (Fsp3) is 0.286. The van der Waals surface area contributed by atoms with E-state index in [0.29, 0.717) is 23.9 Å². The Morgan fingerprint density at radius 3 is 2.65 bits per heavy atom. The van der Waals surface area contributed by atoms with Gasteiger partial charge >= 0.3 is 0 Å². The van der Waals surface area contributed by atoms with Gasteiger partial charge in [-0.15, -0.1) is 0 Å². The molecule has 26 heavy (non-hydrogen) atoms. The van der Waals surface area contributed by atoms with Crippen molar-refractivity contribution < 1.29 is 9.53 Å². The monoisotopic (exact) mass is 370 g/mol. The number of likely N-dealkylation sites (N-methyl/N-ethyl adjacent to an activating group) is 1. The quantitative estimate of drug-likeness (QED) is 0.664. The first-order valence-electron chi connectivity index (χ1n) is 8.75. The molecule has 0 aliphatic carbocycles. The Morgan fingerprint density at radius 2 is 1.96 bits per heavy atom. The number of aromatic nitrogens is 1. The van der Waals surface area contributed by atoms with Gasteiger partial charge in [-0.2, -0.15) is 0 Å². The number of hydrogen-bond acceptors (Lipinski definition) is 2. The third-order valence-electron chi connectivity index (χ3n) is 4.37. The molecule has 136 valence electrons. The molecule has 1 N–H and O–H groups in total. The summed E-state index contributed by atoms with van der Waals surface area (Å²) < 4.78 is 5.57. The Hall–Kier alpha value is -2.30. The number of rotatable bonds is 6. The first-order chi connectivity index (χ1) is 12.5. The van der Waals surface area contributed by atoms with Gasteiger partial charge in [0.05, 0.1) is 6.10 Å². The Morgan fingerprint density at radius 1 is 1.23 bits per heavy atom. The van der Waals surface area contributed by atoms with Crippen LogP contribution in [0.15, 0.2) is 48.5 Å². The highest BCUT2D eigenvalue weighted by molar-refractivity contribution is 6.31. The van der Waals surface area contributed by atoms with Crippen LogP contribution in [0.4, 0.5) is 0 Å². The SMILES string of the molecule is CCO[C@@H](C)CN(C)C(=O)c1[nH]c2ccc(Cl)cc2c1-c1ccccc1. The van der Waals surface area contributed by atoms with Crippen molar-refractivity contribution in [1.82, 2.24) is 9.88 Å². The smallest absolute Gasteiger partial charge is 0.270 e. The lowest BCUT2D eigenvalue weighted by molar-refractivity contribution is 0.0434. The molecule has 3 aromatic rings. The van der Waals surface area contributed by atoms with Crippen molar-refractivity contribution in [2.45, 2.75) is 20.0 Å². The number of nitrogens with zero attached hydrogens (tertiary/aromatic N) is 1. The largest absolute Gasteiger partial charge is 0.377 e. The zero-order valence-corrected chi connectivity index (χ0v) is 16.0. The van der Waals surface area contributed by atoms with E-state index in [1.165, 1.54) is 0 Å². The Labute approximate surface area is 158 Å². The molecule has 1 atom stereocenters. The fourth-order valence-electron chi connectivity index (χ4n) is 3.23. The summed E-state index contributed by atoms with van der Waals surface area (Å²) >= 11 is 6.21. The molecule has 1 aromatic heterocycles. The predicted molar refractivity (Wildman–Crippen MR) is 107 cm³/mol. The van der Waals surface area contributed by atoms with Crippen LogP contribution in [0.1, 0.15) is 24.3 Å². The average Bonchev–Trinajstić information content (AvgIpc) is 3.00. The summed E-state index contributed by atoms with van der Waals surface area (Å²) in [5.74, 6) is -0.0669. The molecule has 4 nitrogen and oxygen atoms in total. The maximum Gasteiger partial charge on any atom is 0.270 e. The van der Waals surface area contributed by atoms with Crippen molar-refractivity contribution in [1.29, 1.82) is 0 Å². The first-order valence-corrected chi connectivity index (χ1v) is 9.12. The number of benzene rings is 2. The number of hydrogen-bond donors (Lipinski definition) is 1. The zero-order chi connectivity index (χ0) is 18.7. The third-order valence-corrected chi connectivity index (χ3v) is 4.60. The van der Waals surface area contributed by atoms with Crippen molar-refractivity contribution in [3.63, 3.8) is 0 Å². The molecule has 0 bridgehead atoms. The molecule has 2 aromatic carbocycles. The van der Waals surface area contributed by atoms with E-state index in [1.54, 1.807) is 11.9 Å².